The quantitative estimate of drug-likeness (QED) is 0.458. The third-order valence-corrected chi connectivity index (χ3v) is 5.87. The van der Waals surface area contributed by atoms with Crippen LogP contribution >= 0.6 is 46.1 Å². The summed E-state index contributed by atoms with van der Waals surface area (Å²) in [5.41, 5.74) is -0.681. The van der Waals surface area contributed by atoms with E-state index in [2.05, 4.69) is 16.2 Å². The molecule has 1 saturated carbocycles. The van der Waals surface area contributed by atoms with Gasteiger partial charge >= 0.3 is 6.18 Å². The highest BCUT2D eigenvalue weighted by Crippen LogP contribution is 2.41. The molecule has 3 nitrogen and oxygen atoms in total. The molecule has 1 fully saturated rings. The maximum absolute atomic E-state index is 13.5. The molecule has 10 heteroatoms. The summed E-state index contributed by atoms with van der Waals surface area (Å²) in [4.78, 5) is 5.67. The number of rotatable bonds is 7. The van der Waals surface area contributed by atoms with Crippen LogP contribution in [-0.2, 0) is 12.7 Å². The Bertz CT molecular complexity index is 881. The van der Waals surface area contributed by atoms with Gasteiger partial charge < -0.3 is 5.32 Å². The lowest BCUT2D eigenvalue weighted by molar-refractivity contribution is -0.141. The van der Waals surface area contributed by atoms with Gasteiger partial charge in [-0.15, -0.1) is 6.42 Å². The third-order valence-electron chi connectivity index (χ3n) is 4.10. The van der Waals surface area contributed by atoms with Gasteiger partial charge in [0.25, 0.3) is 0 Å². The summed E-state index contributed by atoms with van der Waals surface area (Å²) in [5.74, 6) is 3.01. The predicted octanol–water partition coefficient (Wildman–Crippen LogP) is 6.71. The standard InChI is InChI=1S/C18H15Cl3F3N3S/c1-2-5-27(8-10-3-4-10)9-14-16(18(22,23)24)26-17(28-14)25-15-12(20)6-11(19)7-13(15)21/h1,6-7,10H,3-5,8-9H2,(H,25,26). The van der Waals surface area contributed by atoms with Crippen LogP contribution in [0.15, 0.2) is 12.1 Å². The molecule has 0 atom stereocenters. The minimum Gasteiger partial charge on any atom is -0.329 e. The van der Waals surface area contributed by atoms with Crippen molar-refractivity contribution in [2.45, 2.75) is 25.6 Å². The fourth-order valence-corrected chi connectivity index (χ4v) is 4.63. The van der Waals surface area contributed by atoms with Crippen LogP contribution in [0.4, 0.5) is 24.0 Å². The fourth-order valence-electron chi connectivity index (χ4n) is 2.69. The van der Waals surface area contributed by atoms with E-state index in [1.165, 1.54) is 12.1 Å². The summed E-state index contributed by atoms with van der Waals surface area (Å²) < 4.78 is 40.5. The Hall–Kier alpha value is -1.17. The Balaban J connectivity index is 1.88. The zero-order valence-electron chi connectivity index (χ0n) is 14.4. The summed E-state index contributed by atoms with van der Waals surface area (Å²) in [5, 5.41) is 3.52. The van der Waals surface area contributed by atoms with Crippen molar-refractivity contribution in [3.63, 3.8) is 0 Å². The fraction of sp³-hybridized carbons (Fsp3) is 0.389. The van der Waals surface area contributed by atoms with Gasteiger partial charge in [0, 0.05) is 18.1 Å². The molecule has 1 aliphatic carbocycles. The molecule has 0 unspecified atom stereocenters. The highest BCUT2D eigenvalue weighted by molar-refractivity contribution is 7.15. The first-order chi connectivity index (χ1) is 13.2. The molecule has 1 aliphatic rings. The first kappa shape index (κ1) is 21.5. The number of nitrogens with zero attached hydrogens (tertiary/aromatic N) is 2. The summed E-state index contributed by atoms with van der Waals surface area (Å²) >= 11 is 19.0. The van der Waals surface area contributed by atoms with Gasteiger partial charge in [0.1, 0.15) is 0 Å². The number of hydrogen-bond donors (Lipinski definition) is 1. The Kier molecular flexibility index (Phi) is 6.68. The van der Waals surface area contributed by atoms with E-state index in [-0.39, 0.29) is 38.8 Å². The molecular weight excluding hydrogens is 454 g/mol. The Morgan fingerprint density at radius 1 is 1.25 bits per heavy atom. The monoisotopic (exact) mass is 467 g/mol. The minimum atomic E-state index is -4.58. The molecule has 1 aromatic carbocycles. The Morgan fingerprint density at radius 3 is 2.43 bits per heavy atom. The zero-order valence-corrected chi connectivity index (χ0v) is 17.5. The lowest BCUT2D eigenvalue weighted by Crippen LogP contribution is -2.26. The number of alkyl halides is 3. The van der Waals surface area contributed by atoms with E-state index in [9.17, 15) is 13.2 Å². The number of terminal acetylenes is 1. The molecule has 0 amide bonds. The van der Waals surface area contributed by atoms with Crippen LogP contribution in [0.3, 0.4) is 0 Å². The zero-order chi connectivity index (χ0) is 20.5. The van der Waals surface area contributed by atoms with Crippen molar-refractivity contribution < 1.29 is 13.2 Å². The SMILES string of the molecule is C#CCN(Cc1sc(Nc2c(Cl)cc(Cl)cc2Cl)nc1C(F)(F)F)CC1CC1. The molecule has 0 saturated heterocycles. The van der Waals surface area contributed by atoms with E-state index >= 15 is 0 Å². The van der Waals surface area contributed by atoms with Crippen LogP contribution < -0.4 is 5.32 Å². The number of thiazole rings is 1. The molecule has 0 radical (unpaired) electrons. The maximum atomic E-state index is 13.5. The number of halogens is 6. The Labute approximate surface area is 179 Å². The van der Waals surface area contributed by atoms with E-state index in [1.807, 2.05) is 4.90 Å². The molecule has 0 spiro atoms. The summed E-state index contributed by atoms with van der Waals surface area (Å²) in [6.45, 7) is 1.04. The van der Waals surface area contributed by atoms with E-state index < -0.39 is 11.9 Å². The molecule has 0 aliphatic heterocycles. The highest BCUT2D eigenvalue weighted by atomic mass is 35.5. The van der Waals surface area contributed by atoms with Gasteiger partial charge in [0.05, 0.1) is 27.2 Å². The maximum Gasteiger partial charge on any atom is 0.434 e. The lowest BCUT2D eigenvalue weighted by atomic mass is 10.3. The summed E-state index contributed by atoms with van der Waals surface area (Å²) in [6, 6.07) is 2.89. The topological polar surface area (TPSA) is 28.2 Å². The van der Waals surface area contributed by atoms with Gasteiger partial charge in [-0.25, -0.2) is 4.98 Å². The number of benzene rings is 1. The van der Waals surface area contributed by atoms with E-state index in [4.69, 9.17) is 41.2 Å². The predicted molar refractivity (Wildman–Crippen MR) is 109 cm³/mol. The lowest BCUT2D eigenvalue weighted by Gasteiger charge is -2.19. The van der Waals surface area contributed by atoms with E-state index in [0.717, 1.165) is 24.2 Å². The minimum absolute atomic E-state index is 0.0422. The first-order valence-electron chi connectivity index (χ1n) is 8.31. The average molecular weight is 469 g/mol. The van der Waals surface area contributed by atoms with Crippen molar-refractivity contribution in [2.24, 2.45) is 5.92 Å². The number of nitrogens with one attached hydrogen (secondary N) is 1. The van der Waals surface area contributed by atoms with Crippen molar-refractivity contribution in [1.29, 1.82) is 0 Å². The van der Waals surface area contributed by atoms with Gasteiger partial charge in [-0.2, -0.15) is 13.2 Å². The van der Waals surface area contributed by atoms with Gasteiger partial charge in [-0.1, -0.05) is 52.1 Å². The van der Waals surface area contributed by atoms with Crippen LogP contribution in [0.2, 0.25) is 15.1 Å². The normalized spacial score (nSPS) is 14.4. The second-order valence-corrected chi connectivity index (χ2v) is 8.81. The van der Waals surface area contributed by atoms with Crippen LogP contribution in [0.5, 0.6) is 0 Å². The smallest absolute Gasteiger partial charge is 0.329 e. The summed E-state index contributed by atoms with van der Waals surface area (Å²) in [7, 11) is 0. The number of anilines is 2. The van der Waals surface area contributed by atoms with E-state index in [1.54, 1.807) is 0 Å². The number of aromatic nitrogens is 1. The van der Waals surface area contributed by atoms with Crippen LogP contribution in [-0.4, -0.2) is 23.0 Å². The van der Waals surface area contributed by atoms with Gasteiger partial charge in [0.2, 0.25) is 0 Å². The molecule has 28 heavy (non-hydrogen) atoms. The highest BCUT2D eigenvalue weighted by Gasteiger charge is 2.38. The van der Waals surface area contributed by atoms with Crippen LogP contribution in [0.25, 0.3) is 0 Å². The molecule has 1 heterocycles. The van der Waals surface area contributed by atoms with Crippen molar-refractivity contribution in [1.82, 2.24) is 9.88 Å². The third kappa shape index (κ3) is 5.46. The second-order valence-electron chi connectivity index (χ2n) is 6.48. The van der Waals surface area contributed by atoms with Crippen molar-refractivity contribution in [3.05, 3.63) is 37.8 Å². The van der Waals surface area contributed by atoms with E-state index in [0.29, 0.717) is 17.5 Å². The van der Waals surface area contributed by atoms with Crippen LogP contribution in [0, 0.1) is 18.3 Å². The molecule has 2 aromatic rings. The molecule has 150 valence electrons. The molecular formula is C18H15Cl3F3N3S. The van der Waals surface area contributed by atoms with Gasteiger partial charge in [-0.3, -0.25) is 4.90 Å². The molecule has 1 N–H and O–H groups in total. The Morgan fingerprint density at radius 2 is 1.89 bits per heavy atom. The van der Waals surface area contributed by atoms with Gasteiger partial charge in [-0.05, 0) is 30.9 Å². The van der Waals surface area contributed by atoms with Crippen LogP contribution in [0.1, 0.15) is 23.4 Å². The van der Waals surface area contributed by atoms with Gasteiger partial charge in [0.15, 0.2) is 10.8 Å². The van der Waals surface area contributed by atoms with Crippen molar-refractivity contribution in [3.8, 4) is 12.3 Å². The molecule has 3 rings (SSSR count). The van der Waals surface area contributed by atoms with Crippen molar-refractivity contribution in [2.75, 3.05) is 18.4 Å². The second kappa shape index (κ2) is 8.68. The average Bonchev–Trinajstić information content (AvgIpc) is 3.28. The summed E-state index contributed by atoms with van der Waals surface area (Å²) in [6.07, 6.45) is 2.95. The molecule has 0 bridgehead atoms. The van der Waals surface area contributed by atoms with Crippen molar-refractivity contribution >= 4 is 57.0 Å². The first-order valence-corrected chi connectivity index (χ1v) is 10.3. The largest absolute Gasteiger partial charge is 0.434 e. The molecule has 1 aromatic heterocycles. The number of hydrogen-bond acceptors (Lipinski definition) is 4.